The molecule has 0 atom stereocenters. The molecule has 1 N–H and O–H groups in total. The Morgan fingerprint density at radius 2 is 2.07 bits per heavy atom. The maximum atomic E-state index is 13.6. The van der Waals surface area contributed by atoms with Crippen molar-refractivity contribution in [2.24, 2.45) is 0 Å². The van der Waals surface area contributed by atoms with Crippen molar-refractivity contribution in [2.75, 3.05) is 18.1 Å². The van der Waals surface area contributed by atoms with E-state index < -0.39 is 0 Å². The molecule has 4 aromatic rings. The van der Waals surface area contributed by atoms with Crippen LogP contribution in [-0.2, 0) is 13.0 Å². The molecule has 8 heteroatoms. The number of rotatable bonds is 4. The molecule has 4 heterocycles. The molecule has 5 rings (SSSR count). The van der Waals surface area contributed by atoms with Crippen molar-refractivity contribution in [3.05, 3.63) is 60.4 Å². The number of fused-ring (bicyclic) bond motifs is 2. The molecule has 0 bridgehead atoms. The molecular formula is C20H17FN6O. The molecule has 140 valence electrons. The van der Waals surface area contributed by atoms with Crippen molar-refractivity contribution < 1.29 is 9.50 Å². The van der Waals surface area contributed by atoms with Crippen LogP contribution < -0.4 is 4.90 Å². The number of aliphatic hydroxyl groups excluding tert-OH is 1. The van der Waals surface area contributed by atoms with Crippen molar-refractivity contribution in [2.45, 2.75) is 13.0 Å². The second-order valence-electron chi connectivity index (χ2n) is 6.65. The Bertz CT molecular complexity index is 1170. The first-order valence-electron chi connectivity index (χ1n) is 9.04. The van der Waals surface area contributed by atoms with Gasteiger partial charge >= 0.3 is 0 Å². The van der Waals surface area contributed by atoms with Crippen molar-refractivity contribution in [1.82, 2.24) is 24.7 Å². The number of aromatic nitrogens is 5. The van der Waals surface area contributed by atoms with E-state index in [1.165, 1.54) is 12.4 Å². The molecule has 28 heavy (non-hydrogen) atoms. The third-order valence-electron chi connectivity index (χ3n) is 4.91. The SMILES string of the molecule is OCCn1cc(-c2ccc3ncnc(N4CCc5cc(F)ccc54)c3n2)cn1. The van der Waals surface area contributed by atoms with Crippen LogP contribution in [0.4, 0.5) is 15.9 Å². The van der Waals surface area contributed by atoms with E-state index >= 15 is 0 Å². The Morgan fingerprint density at radius 3 is 2.96 bits per heavy atom. The fourth-order valence-corrected chi connectivity index (χ4v) is 3.60. The van der Waals surface area contributed by atoms with Crippen LogP contribution in [0.15, 0.2) is 49.1 Å². The van der Waals surface area contributed by atoms with Gasteiger partial charge in [-0.1, -0.05) is 0 Å². The highest BCUT2D eigenvalue weighted by Crippen LogP contribution is 2.36. The minimum Gasteiger partial charge on any atom is -0.394 e. The van der Waals surface area contributed by atoms with Crippen LogP contribution in [0.25, 0.3) is 22.3 Å². The van der Waals surface area contributed by atoms with Crippen molar-refractivity contribution in [3.63, 3.8) is 0 Å². The topological polar surface area (TPSA) is 80.0 Å². The number of hydrogen-bond acceptors (Lipinski definition) is 6. The molecular weight excluding hydrogens is 359 g/mol. The van der Waals surface area contributed by atoms with Gasteiger partial charge in [-0.25, -0.2) is 19.3 Å². The Morgan fingerprint density at radius 1 is 1.14 bits per heavy atom. The van der Waals surface area contributed by atoms with Gasteiger partial charge in [0.15, 0.2) is 5.82 Å². The van der Waals surface area contributed by atoms with Crippen LogP contribution in [0, 0.1) is 5.82 Å². The average molecular weight is 376 g/mol. The number of pyridine rings is 1. The summed E-state index contributed by atoms with van der Waals surface area (Å²) >= 11 is 0. The molecule has 0 radical (unpaired) electrons. The summed E-state index contributed by atoms with van der Waals surface area (Å²) in [6, 6.07) is 8.64. The lowest BCUT2D eigenvalue weighted by atomic mass is 10.1. The van der Waals surface area contributed by atoms with Crippen LogP contribution >= 0.6 is 0 Å². The molecule has 0 unspecified atom stereocenters. The van der Waals surface area contributed by atoms with E-state index in [-0.39, 0.29) is 12.4 Å². The summed E-state index contributed by atoms with van der Waals surface area (Å²) < 4.78 is 15.2. The van der Waals surface area contributed by atoms with Gasteiger partial charge in [-0.05, 0) is 42.3 Å². The summed E-state index contributed by atoms with van der Waals surface area (Å²) in [5, 5.41) is 13.3. The summed E-state index contributed by atoms with van der Waals surface area (Å²) in [4.78, 5) is 15.7. The Hall–Kier alpha value is -3.39. The lowest BCUT2D eigenvalue weighted by Gasteiger charge is -2.19. The highest BCUT2D eigenvalue weighted by atomic mass is 19.1. The van der Waals surface area contributed by atoms with Crippen LogP contribution in [0.1, 0.15) is 5.56 Å². The van der Waals surface area contributed by atoms with Crippen molar-refractivity contribution in [1.29, 1.82) is 0 Å². The molecule has 7 nitrogen and oxygen atoms in total. The molecule has 1 aliphatic heterocycles. The first-order chi connectivity index (χ1) is 13.7. The largest absolute Gasteiger partial charge is 0.394 e. The van der Waals surface area contributed by atoms with E-state index in [0.717, 1.165) is 34.4 Å². The lowest BCUT2D eigenvalue weighted by Crippen LogP contribution is -2.16. The van der Waals surface area contributed by atoms with E-state index in [9.17, 15) is 4.39 Å². The molecule has 0 saturated carbocycles. The van der Waals surface area contributed by atoms with Gasteiger partial charge in [0.05, 0.1) is 30.6 Å². The molecule has 0 aliphatic carbocycles. The van der Waals surface area contributed by atoms with Gasteiger partial charge in [0, 0.05) is 24.0 Å². The van der Waals surface area contributed by atoms with E-state index in [4.69, 9.17) is 10.1 Å². The van der Waals surface area contributed by atoms with E-state index in [2.05, 4.69) is 20.0 Å². The first-order valence-corrected chi connectivity index (χ1v) is 9.04. The molecule has 3 aromatic heterocycles. The third-order valence-corrected chi connectivity index (χ3v) is 4.91. The Kier molecular flexibility index (Phi) is 3.98. The van der Waals surface area contributed by atoms with Crippen molar-refractivity contribution >= 4 is 22.5 Å². The van der Waals surface area contributed by atoms with Crippen LogP contribution in [0.3, 0.4) is 0 Å². The Balaban J connectivity index is 1.60. The molecule has 0 amide bonds. The Labute approximate surface area is 160 Å². The van der Waals surface area contributed by atoms with Crippen LogP contribution in [0.2, 0.25) is 0 Å². The molecule has 0 saturated heterocycles. The number of hydrogen-bond donors (Lipinski definition) is 1. The number of aliphatic hydroxyl groups is 1. The summed E-state index contributed by atoms with van der Waals surface area (Å²) in [5.74, 6) is 0.480. The third kappa shape index (κ3) is 2.78. The average Bonchev–Trinajstić information content (AvgIpc) is 3.34. The van der Waals surface area contributed by atoms with Gasteiger partial charge < -0.3 is 10.0 Å². The van der Waals surface area contributed by atoms with Gasteiger partial charge in [0.2, 0.25) is 0 Å². The van der Waals surface area contributed by atoms with Crippen molar-refractivity contribution in [3.8, 4) is 11.3 Å². The maximum Gasteiger partial charge on any atom is 0.163 e. The van der Waals surface area contributed by atoms with E-state index in [1.807, 2.05) is 18.3 Å². The predicted molar refractivity (Wildman–Crippen MR) is 103 cm³/mol. The smallest absolute Gasteiger partial charge is 0.163 e. The zero-order valence-corrected chi connectivity index (χ0v) is 15.0. The van der Waals surface area contributed by atoms with Gasteiger partial charge in [0.25, 0.3) is 0 Å². The standard InChI is InChI=1S/C20H17FN6O/c21-15-1-4-18-13(9-15)5-6-27(18)20-19-17(22-12-23-20)3-2-16(25-19)14-10-24-26(11-14)7-8-28/h1-4,9-12,28H,5-8H2. The van der Waals surface area contributed by atoms with Gasteiger partial charge in [-0.3, -0.25) is 4.68 Å². The number of benzene rings is 1. The minimum atomic E-state index is -0.228. The summed E-state index contributed by atoms with van der Waals surface area (Å²) in [5.41, 5.74) is 4.96. The molecule has 1 aromatic carbocycles. The predicted octanol–water partition coefficient (Wildman–Crippen LogP) is 2.71. The monoisotopic (exact) mass is 376 g/mol. The second kappa shape index (κ2) is 6.65. The number of anilines is 2. The molecule has 0 fully saturated rings. The lowest BCUT2D eigenvalue weighted by molar-refractivity contribution is 0.269. The van der Waals surface area contributed by atoms with Gasteiger partial charge in [-0.2, -0.15) is 5.10 Å². The minimum absolute atomic E-state index is 0.0270. The summed E-state index contributed by atoms with van der Waals surface area (Å²) in [6.45, 7) is 1.17. The zero-order valence-electron chi connectivity index (χ0n) is 15.0. The van der Waals surface area contributed by atoms with Crippen LogP contribution in [-0.4, -0.2) is 43.0 Å². The number of nitrogens with zero attached hydrogens (tertiary/aromatic N) is 6. The summed E-state index contributed by atoms with van der Waals surface area (Å²) in [6.07, 6.45) is 5.86. The summed E-state index contributed by atoms with van der Waals surface area (Å²) in [7, 11) is 0. The zero-order chi connectivity index (χ0) is 19.1. The quantitative estimate of drug-likeness (QED) is 0.590. The first kappa shape index (κ1) is 16.8. The fourth-order valence-electron chi connectivity index (χ4n) is 3.60. The van der Waals surface area contributed by atoms with Crippen LogP contribution in [0.5, 0.6) is 0 Å². The maximum absolute atomic E-state index is 13.6. The number of halogens is 1. The second-order valence-corrected chi connectivity index (χ2v) is 6.65. The van der Waals surface area contributed by atoms with E-state index in [0.29, 0.717) is 24.4 Å². The normalized spacial score (nSPS) is 13.3. The highest BCUT2D eigenvalue weighted by molar-refractivity contribution is 5.90. The van der Waals surface area contributed by atoms with E-state index in [1.54, 1.807) is 23.0 Å². The fraction of sp³-hybridized carbons (Fsp3) is 0.200. The molecule has 0 spiro atoms. The highest BCUT2D eigenvalue weighted by Gasteiger charge is 2.24. The van der Waals surface area contributed by atoms with Gasteiger partial charge in [0.1, 0.15) is 17.7 Å². The van der Waals surface area contributed by atoms with Gasteiger partial charge in [-0.15, -0.1) is 0 Å². The molecule has 1 aliphatic rings.